The predicted molar refractivity (Wildman–Crippen MR) is 89.8 cm³/mol. The summed E-state index contributed by atoms with van der Waals surface area (Å²) in [5.41, 5.74) is 5.78. The molecular weight excluding hydrogens is 326 g/mol. The molecule has 0 aliphatic rings. The molecule has 0 bridgehead atoms. The summed E-state index contributed by atoms with van der Waals surface area (Å²) < 4.78 is 25.8. The lowest BCUT2D eigenvalue weighted by Crippen LogP contribution is -2.33. The van der Waals surface area contributed by atoms with Crippen LogP contribution in [-0.2, 0) is 10.0 Å². The summed E-state index contributed by atoms with van der Waals surface area (Å²) >= 11 is 0. The first-order chi connectivity index (χ1) is 9.80. The molecule has 1 aromatic carbocycles. The van der Waals surface area contributed by atoms with Crippen molar-refractivity contribution in [3.63, 3.8) is 0 Å². The van der Waals surface area contributed by atoms with Gasteiger partial charge in [0.1, 0.15) is 0 Å². The number of hydrogen-bond donors (Lipinski definition) is 2. The monoisotopic (exact) mass is 349 g/mol. The smallest absolute Gasteiger partial charge is 0.251 e. The summed E-state index contributed by atoms with van der Waals surface area (Å²) in [4.78, 5) is 12.0. The summed E-state index contributed by atoms with van der Waals surface area (Å²) in [6.45, 7) is 4.62. The number of sulfonamides is 1. The van der Waals surface area contributed by atoms with Gasteiger partial charge in [0.25, 0.3) is 5.91 Å². The fourth-order valence-corrected chi connectivity index (χ4v) is 3.00. The van der Waals surface area contributed by atoms with Crippen LogP contribution >= 0.6 is 12.4 Å². The molecule has 0 spiro atoms. The van der Waals surface area contributed by atoms with Gasteiger partial charge in [0.05, 0.1) is 4.90 Å². The lowest BCUT2D eigenvalue weighted by molar-refractivity contribution is 0.0953. The molecule has 1 aromatic rings. The van der Waals surface area contributed by atoms with Gasteiger partial charge in [-0.25, -0.2) is 8.42 Å². The topological polar surface area (TPSA) is 92.5 Å². The molecule has 3 N–H and O–H groups in total. The number of carbonyl (C=O) groups is 1. The van der Waals surface area contributed by atoms with Crippen LogP contribution in [0.25, 0.3) is 0 Å². The molecule has 126 valence electrons. The zero-order valence-corrected chi connectivity index (χ0v) is 14.7. The van der Waals surface area contributed by atoms with Crippen molar-refractivity contribution >= 4 is 28.3 Å². The lowest BCUT2D eigenvalue weighted by Gasteiger charge is -2.21. The first kappa shape index (κ1) is 20.9. The van der Waals surface area contributed by atoms with Crippen molar-refractivity contribution in [2.45, 2.75) is 31.2 Å². The summed E-state index contributed by atoms with van der Waals surface area (Å²) in [6, 6.07) is 5.80. The molecule has 0 heterocycles. The standard InChI is InChI=1S/C14H23N3O3S.ClH/c1-11(2)17(3)21(19,20)13-7-5-12(6-8-13)14(18)16-10-4-9-15;/h5-8,11H,4,9-10,15H2,1-3H3,(H,16,18);1H. The second-order valence-electron chi connectivity index (χ2n) is 5.04. The average molecular weight is 350 g/mol. The van der Waals surface area contributed by atoms with Crippen LogP contribution in [0.3, 0.4) is 0 Å². The Hall–Kier alpha value is -1.15. The summed E-state index contributed by atoms with van der Waals surface area (Å²) in [5.74, 6) is -0.232. The van der Waals surface area contributed by atoms with Crippen LogP contribution in [0, 0.1) is 0 Å². The van der Waals surface area contributed by atoms with E-state index in [0.717, 1.165) is 0 Å². The van der Waals surface area contributed by atoms with Crippen molar-refractivity contribution in [2.75, 3.05) is 20.1 Å². The summed E-state index contributed by atoms with van der Waals surface area (Å²) in [5, 5.41) is 2.72. The van der Waals surface area contributed by atoms with Gasteiger partial charge < -0.3 is 11.1 Å². The van der Waals surface area contributed by atoms with Crippen LogP contribution in [0.1, 0.15) is 30.6 Å². The van der Waals surface area contributed by atoms with Crippen LogP contribution < -0.4 is 11.1 Å². The SMILES string of the molecule is CC(C)N(C)S(=O)(=O)c1ccc(C(=O)NCCCN)cc1.Cl. The van der Waals surface area contributed by atoms with E-state index in [1.54, 1.807) is 13.8 Å². The van der Waals surface area contributed by atoms with Crippen LogP contribution in [0.2, 0.25) is 0 Å². The Morgan fingerprint density at radius 2 is 1.82 bits per heavy atom. The zero-order valence-electron chi connectivity index (χ0n) is 13.1. The highest BCUT2D eigenvalue weighted by atomic mass is 35.5. The molecule has 0 aromatic heterocycles. The number of benzene rings is 1. The Labute approximate surface area is 138 Å². The van der Waals surface area contributed by atoms with Crippen molar-refractivity contribution in [2.24, 2.45) is 5.73 Å². The van der Waals surface area contributed by atoms with Crippen molar-refractivity contribution in [3.8, 4) is 0 Å². The van der Waals surface area contributed by atoms with Gasteiger partial charge in [0.2, 0.25) is 10.0 Å². The van der Waals surface area contributed by atoms with Gasteiger partial charge >= 0.3 is 0 Å². The maximum atomic E-state index is 12.3. The minimum Gasteiger partial charge on any atom is -0.352 e. The summed E-state index contributed by atoms with van der Waals surface area (Å²) in [7, 11) is -1.98. The average Bonchev–Trinajstić information content (AvgIpc) is 2.46. The van der Waals surface area contributed by atoms with E-state index in [1.807, 2.05) is 0 Å². The van der Waals surface area contributed by atoms with E-state index in [2.05, 4.69) is 5.32 Å². The van der Waals surface area contributed by atoms with E-state index in [9.17, 15) is 13.2 Å². The number of hydrogen-bond acceptors (Lipinski definition) is 4. The Balaban J connectivity index is 0.00000441. The molecule has 0 fully saturated rings. The third-order valence-electron chi connectivity index (χ3n) is 3.19. The van der Waals surface area contributed by atoms with Crippen molar-refractivity contribution in [3.05, 3.63) is 29.8 Å². The zero-order chi connectivity index (χ0) is 16.0. The van der Waals surface area contributed by atoms with E-state index in [-0.39, 0.29) is 29.3 Å². The van der Waals surface area contributed by atoms with E-state index < -0.39 is 10.0 Å². The Bertz CT molecular complexity index is 574. The molecule has 0 saturated heterocycles. The molecule has 0 saturated carbocycles. The molecule has 0 atom stereocenters. The van der Waals surface area contributed by atoms with Gasteiger partial charge in [0, 0.05) is 25.2 Å². The fraction of sp³-hybridized carbons (Fsp3) is 0.500. The van der Waals surface area contributed by atoms with Gasteiger partial charge in [-0.1, -0.05) is 0 Å². The first-order valence-electron chi connectivity index (χ1n) is 6.87. The molecule has 0 aliphatic carbocycles. The normalized spacial score (nSPS) is 11.4. The third kappa shape index (κ3) is 5.24. The maximum Gasteiger partial charge on any atom is 0.251 e. The van der Waals surface area contributed by atoms with Crippen molar-refractivity contribution in [1.82, 2.24) is 9.62 Å². The van der Waals surface area contributed by atoms with E-state index in [1.165, 1.54) is 35.6 Å². The van der Waals surface area contributed by atoms with E-state index >= 15 is 0 Å². The van der Waals surface area contributed by atoms with Gasteiger partial charge in [0.15, 0.2) is 0 Å². The molecule has 1 amide bonds. The first-order valence-corrected chi connectivity index (χ1v) is 8.31. The second kappa shape index (κ2) is 9.09. The van der Waals surface area contributed by atoms with Gasteiger partial charge in [-0.05, 0) is 51.1 Å². The highest BCUT2D eigenvalue weighted by Crippen LogP contribution is 2.17. The molecule has 22 heavy (non-hydrogen) atoms. The summed E-state index contributed by atoms with van der Waals surface area (Å²) in [6.07, 6.45) is 0.706. The third-order valence-corrected chi connectivity index (χ3v) is 5.23. The molecule has 0 unspecified atom stereocenters. The number of rotatable bonds is 7. The Morgan fingerprint density at radius 1 is 1.27 bits per heavy atom. The molecule has 0 aliphatic heterocycles. The maximum absolute atomic E-state index is 12.3. The van der Waals surface area contributed by atoms with Crippen molar-refractivity contribution in [1.29, 1.82) is 0 Å². The Morgan fingerprint density at radius 3 is 2.27 bits per heavy atom. The lowest BCUT2D eigenvalue weighted by atomic mass is 10.2. The number of nitrogens with zero attached hydrogens (tertiary/aromatic N) is 1. The van der Waals surface area contributed by atoms with E-state index in [4.69, 9.17) is 5.73 Å². The van der Waals surface area contributed by atoms with Crippen LogP contribution in [-0.4, -0.2) is 44.8 Å². The molecular formula is C14H24ClN3O3S. The van der Waals surface area contributed by atoms with Crippen LogP contribution in [0.5, 0.6) is 0 Å². The highest BCUT2D eigenvalue weighted by Gasteiger charge is 2.23. The highest BCUT2D eigenvalue weighted by molar-refractivity contribution is 7.89. The predicted octanol–water partition coefficient (Wildman–Crippen LogP) is 1.22. The molecule has 0 radical (unpaired) electrons. The van der Waals surface area contributed by atoms with Crippen LogP contribution in [0.15, 0.2) is 29.2 Å². The second-order valence-corrected chi connectivity index (χ2v) is 7.04. The van der Waals surface area contributed by atoms with Gasteiger partial charge in [-0.3, -0.25) is 4.79 Å². The molecule has 6 nitrogen and oxygen atoms in total. The van der Waals surface area contributed by atoms with Gasteiger partial charge in [-0.15, -0.1) is 12.4 Å². The molecule has 1 rings (SSSR count). The molecule has 8 heteroatoms. The minimum atomic E-state index is -3.52. The van der Waals surface area contributed by atoms with E-state index in [0.29, 0.717) is 25.1 Å². The number of nitrogens with two attached hydrogens (primary N) is 1. The van der Waals surface area contributed by atoms with Gasteiger partial charge in [-0.2, -0.15) is 4.31 Å². The number of amides is 1. The number of carbonyl (C=O) groups excluding carboxylic acids is 1. The fourth-order valence-electron chi connectivity index (χ4n) is 1.63. The number of nitrogens with one attached hydrogen (secondary N) is 1. The quantitative estimate of drug-likeness (QED) is 0.724. The Kier molecular flexibility index (Phi) is 8.62. The van der Waals surface area contributed by atoms with Crippen molar-refractivity contribution < 1.29 is 13.2 Å². The number of halogens is 1. The van der Waals surface area contributed by atoms with Crippen LogP contribution in [0.4, 0.5) is 0 Å². The largest absolute Gasteiger partial charge is 0.352 e. The minimum absolute atomic E-state index is 0.